The van der Waals surface area contributed by atoms with Gasteiger partial charge in [-0.2, -0.15) is 0 Å². The molecule has 1 N–H and O–H groups in total. The van der Waals surface area contributed by atoms with Gasteiger partial charge in [0.25, 0.3) is 5.56 Å². The summed E-state index contributed by atoms with van der Waals surface area (Å²) in [6, 6.07) is 4.69. The normalized spacial score (nSPS) is 12.2. The number of anilines is 3. The Labute approximate surface area is 227 Å². The smallest absolute Gasteiger partial charge is 0.261 e. The number of aryl methyl sites for hydroxylation is 2. The molecule has 0 radical (unpaired) electrons. The third-order valence-corrected chi connectivity index (χ3v) is 10.00. The molecule has 0 unspecified atom stereocenters. The molecule has 2 aromatic carbocycles. The van der Waals surface area contributed by atoms with Gasteiger partial charge >= 0.3 is 0 Å². The molecule has 0 saturated heterocycles. The van der Waals surface area contributed by atoms with E-state index in [2.05, 4.69) is 29.9 Å². The molecule has 0 fully saturated rings. The predicted molar refractivity (Wildman–Crippen MR) is 152 cm³/mol. The van der Waals surface area contributed by atoms with E-state index in [1.807, 2.05) is 0 Å². The Morgan fingerprint density at radius 1 is 1.24 bits per heavy atom. The van der Waals surface area contributed by atoms with Crippen molar-refractivity contribution in [3.8, 4) is 0 Å². The van der Waals surface area contributed by atoms with Crippen molar-refractivity contribution in [1.29, 1.82) is 0 Å². The van der Waals surface area contributed by atoms with Crippen molar-refractivity contribution in [3.05, 3.63) is 57.1 Å². The number of nitrogens with zero attached hydrogens (tertiary/aromatic N) is 3. The quantitative estimate of drug-likeness (QED) is 0.133. The van der Waals surface area contributed by atoms with Gasteiger partial charge < -0.3 is 14.6 Å². The van der Waals surface area contributed by atoms with E-state index in [1.54, 1.807) is 33.0 Å². The average molecular weight is 587 g/mol. The molecular weight excluding hydrogens is 554 g/mol. The van der Waals surface area contributed by atoms with Crippen molar-refractivity contribution in [3.63, 3.8) is 0 Å². The number of hydrogen-bond donors (Lipinski definition) is 1. The zero-order valence-electron chi connectivity index (χ0n) is 22.4. The Morgan fingerprint density at radius 3 is 2.55 bits per heavy atom. The van der Waals surface area contributed by atoms with Gasteiger partial charge in [-0.25, -0.2) is 26.5 Å². The first-order valence-electron chi connectivity index (χ1n) is 12.2. The van der Waals surface area contributed by atoms with E-state index >= 15 is 4.39 Å². The van der Waals surface area contributed by atoms with Crippen LogP contribution in [-0.2, 0) is 21.8 Å². The van der Waals surface area contributed by atoms with Crippen LogP contribution < -0.4 is 15.2 Å². The summed E-state index contributed by atoms with van der Waals surface area (Å²) in [5.41, 5.74) is 0.163. The minimum atomic E-state index is -3.96. The lowest BCUT2D eigenvalue weighted by molar-refractivity contribution is 0.156. The zero-order chi connectivity index (χ0) is 28.4. The van der Waals surface area contributed by atoms with Crippen molar-refractivity contribution in [2.24, 2.45) is 7.05 Å². The van der Waals surface area contributed by atoms with Crippen LogP contribution in [0.2, 0.25) is 30.7 Å². The molecule has 0 spiro atoms. The van der Waals surface area contributed by atoms with E-state index in [0.29, 0.717) is 29.5 Å². The van der Waals surface area contributed by atoms with Crippen LogP contribution in [-0.4, -0.2) is 45.1 Å². The van der Waals surface area contributed by atoms with Crippen LogP contribution in [0, 0.1) is 18.6 Å². The van der Waals surface area contributed by atoms with Crippen molar-refractivity contribution < 1.29 is 21.9 Å². The number of benzene rings is 2. The molecule has 1 heterocycles. The molecule has 3 rings (SSSR count). The van der Waals surface area contributed by atoms with Crippen LogP contribution in [0.3, 0.4) is 0 Å². The maximum atomic E-state index is 15.1. The second-order valence-corrected chi connectivity index (χ2v) is 18.3. The van der Waals surface area contributed by atoms with Gasteiger partial charge in [-0.15, -0.1) is 0 Å². The SMILES string of the molecule is CCCS(=O)(=O)N(COCC[Si](C)(C)C)c1cc(F)c(F)c(Nc2ccc3ncn(C)c(=O)c3c2C)c1Cl. The molecule has 0 bridgehead atoms. The van der Waals surface area contributed by atoms with Gasteiger partial charge in [-0.1, -0.05) is 38.2 Å². The molecule has 38 heavy (non-hydrogen) atoms. The largest absolute Gasteiger partial charge is 0.360 e. The van der Waals surface area contributed by atoms with Gasteiger partial charge in [0.2, 0.25) is 10.0 Å². The van der Waals surface area contributed by atoms with Gasteiger partial charge in [-0.3, -0.25) is 4.79 Å². The Kier molecular flexibility index (Phi) is 9.23. The average Bonchev–Trinajstić information content (AvgIpc) is 2.82. The molecule has 8 nitrogen and oxygen atoms in total. The van der Waals surface area contributed by atoms with Crippen LogP contribution in [0.15, 0.2) is 29.3 Å². The number of ether oxygens (including phenoxy) is 1. The zero-order valence-corrected chi connectivity index (χ0v) is 24.9. The van der Waals surface area contributed by atoms with Crippen LogP contribution in [0.25, 0.3) is 10.9 Å². The van der Waals surface area contributed by atoms with Crippen molar-refractivity contribution in [2.75, 3.05) is 28.7 Å². The van der Waals surface area contributed by atoms with Gasteiger partial charge in [0.15, 0.2) is 11.6 Å². The van der Waals surface area contributed by atoms with Crippen LogP contribution >= 0.6 is 11.6 Å². The number of fused-ring (bicyclic) bond motifs is 1. The first-order valence-corrected chi connectivity index (χ1v) is 17.8. The van der Waals surface area contributed by atoms with E-state index in [1.165, 1.54) is 10.9 Å². The molecule has 3 aromatic rings. The summed E-state index contributed by atoms with van der Waals surface area (Å²) in [6.07, 6.45) is 1.70. The summed E-state index contributed by atoms with van der Waals surface area (Å²) in [4.78, 5) is 16.9. The number of halogens is 3. The van der Waals surface area contributed by atoms with E-state index in [9.17, 15) is 17.6 Å². The highest BCUT2D eigenvalue weighted by molar-refractivity contribution is 7.92. The number of rotatable bonds is 11. The Hall–Kier alpha value is -2.54. The monoisotopic (exact) mass is 586 g/mol. The molecule has 0 aliphatic heterocycles. The van der Waals surface area contributed by atoms with Crippen molar-refractivity contribution >= 4 is 57.7 Å². The summed E-state index contributed by atoms with van der Waals surface area (Å²) in [7, 11) is -3.86. The molecule has 0 aliphatic carbocycles. The van der Waals surface area contributed by atoms with Crippen molar-refractivity contribution in [1.82, 2.24) is 9.55 Å². The number of nitrogens with one attached hydrogen (secondary N) is 1. The molecule has 0 amide bonds. The van der Waals surface area contributed by atoms with Gasteiger partial charge in [0.1, 0.15) is 6.73 Å². The maximum absolute atomic E-state index is 15.1. The summed E-state index contributed by atoms with van der Waals surface area (Å²) in [5.74, 6) is -2.81. The van der Waals surface area contributed by atoms with Crippen LogP contribution in [0.4, 0.5) is 25.8 Å². The summed E-state index contributed by atoms with van der Waals surface area (Å²) >= 11 is 6.55. The van der Waals surface area contributed by atoms with Gasteiger partial charge in [-0.05, 0) is 37.1 Å². The fourth-order valence-corrected chi connectivity index (χ4v) is 6.31. The summed E-state index contributed by atoms with van der Waals surface area (Å²) in [5, 5.41) is 2.74. The number of aromatic nitrogens is 2. The minimum absolute atomic E-state index is 0.234. The Bertz CT molecular complexity index is 1510. The Balaban J connectivity index is 2.09. The second-order valence-electron chi connectivity index (χ2n) is 10.3. The molecule has 0 aliphatic rings. The lowest BCUT2D eigenvalue weighted by Crippen LogP contribution is -2.36. The summed E-state index contributed by atoms with van der Waals surface area (Å²) < 4.78 is 64.1. The van der Waals surface area contributed by atoms with E-state index in [4.69, 9.17) is 16.3 Å². The third-order valence-electron chi connectivity index (χ3n) is 6.02. The topological polar surface area (TPSA) is 93.5 Å². The standard InChI is InChI=1S/C25H33ClF2N4O4SSi/c1-7-11-37(34,35)32(15-36-10-12-38(4,5)6)20-13-17(27)23(28)24(22(20)26)30-18-8-9-19-21(16(18)2)25(33)31(3)14-29-19/h8-9,13-14,30H,7,10-12,15H2,1-6H3. The third kappa shape index (κ3) is 6.53. The highest BCUT2D eigenvalue weighted by atomic mass is 35.5. The predicted octanol–water partition coefficient (Wildman–Crippen LogP) is 5.78. The summed E-state index contributed by atoms with van der Waals surface area (Å²) in [6.45, 7) is 9.74. The number of hydrogen-bond acceptors (Lipinski definition) is 6. The molecule has 1 aromatic heterocycles. The molecule has 208 valence electrons. The first-order chi connectivity index (χ1) is 17.7. The molecule has 13 heteroatoms. The lowest BCUT2D eigenvalue weighted by Gasteiger charge is -2.27. The maximum Gasteiger partial charge on any atom is 0.261 e. The van der Waals surface area contributed by atoms with E-state index < -0.39 is 42.1 Å². The van der Waals surface area contributed by atoms with E-state index in [-0.39, 0.29) is 27.7 Å². The van der Waals surface area contributed by atoms with E-state index in [0.717, 1.165) is 16.4 Å². The minimum Gasteiger partial charge on any atom is -0.360 e. The molecule has 0 atom stereocenters. The van der Waals surface area contributed by atoms with Crippen LogP contribution in [0.1, 0.15) is 18.9 Å². The van der Waals surface area contributed by atoms with Crippen molar-refractivity contribution in [2.45, 2.75) is 46.0 Å². The molecule has 0 saturated carbocycles. The highest BCUT2D eigenvalue weighted by Gasteiger charge is 2.29. The van der Waals surface area contributed by atoms with Gasteiger partial charge in [0.05, 0.1) is 39.4 Å². The highest BCUT2D eigenvalue weighted by Crippen LogP contribution is 2.40. The lowest BCUT2D eigenvalue weighted by atomic mass is 10.1. The first kappa shape index (κ1) is 30.0. The van der Waals surface area contributed by atoms with Crippen LogP contribution in [0.5, 0.6) is 0 Å². The Morgan fingerprint density at radius 2 is 1.92 bits per heavy atom. The second kappa shape index (κ2) is 11.7. The molecular formula is C25H33ClF2N4O4SSi. The fourth-order valence-electron chi connectivity index (χ4n) is 3.80. The fraction of sp³-hybridized carbons (Fsp3) is 0.440. The number of sulfonamides is 1. The van der Waals surface area contributed by atoms with Gasteiger partial charge in [0, 0.05) is 33.5 Å².